The molecular weight excluding hydrogens is 385 g/mol. The number of carbonyl (C=O) groups is 1. The molecule has 3 aromatic rings. The molecule has 0 fully saturated rings. The number of benzene rings is 3. The van der Waals surface area contributed by atoms with Crippen molar-refractivity contribution in [3.63, 3.8) is 0 Å². The van der Waals surface area contributed by atoms with E-state index in [0.717, 1.165) is 5.56 Å². The zero-order valence-corrected chi connectivity index (χ0v) is 15.4. The maximum Gasteiger partial charge on any atom is 0.573 e. The predicted molar refractivity (Wildman–Crippen MR) is 101 cm³/mol. The topological polar surface area (TPSA) is 44.8 Å². The van der Waals surface area contributed by atoms with Crippen molar-refractivity contribution >= 4 is 5.97 Å². The summed E-state index contributed by atoms with van der Waals surface area (Å²) in [6.45, 7) is 0.271. The molecule has 0 heterocycles. The Morgan fingerprint density at radius 3 is 2.17 bits per heavy atom. The lowest BCUT2D eigenvalue weighted by molar-refractivity contribution is -0.274. The van der Waals surface area contributed by atoms with E-state index in [4.69, 9.17) is 9.47 Å². The summed E-state index contributed by atoms with van der Waals surface area (Å²) < 4.78 is 51.4. The van der Waals surface area contributed by atoms with E-state index in [1.54, 1.807) is 18.2 Å². The highest BCUT2D eigenvalue weighted by Gasteiger charge is 2.31. The van der Waals surface area contributed by atoms with E-state index in [9.17, 15) is 18.0 Å². The molecule has 0 saturated heterocycles. The van der Waals surface area contributed by atoms with Gasteiger partial charge in [0.2, 0.25) is 0 Å². The minimum atomic E-state index is -4.75. The van der Waals surface area contributed by atoms with Crippen LogP contribution in [-0.2, 0) is 11.3 Å². The Balaban J connectivity index is 1.84. The van der Waals surface area contributed by atoms with Gasteiger partial charge in [0.15, 0.2) is 0 Å². The number of carbonyl (C=O) groups excluding carboxylic acids is 1. The Morgan fingerprint density at radius 1 is 0.897 bits per heavy atom. The highest BCUT2D eigenvalue weighted by molar-refractivity contribution is 5.94. The van der Waals surface area contributed by atoms with Crippen molar-refractivity contribution < 1.29 is 32.2 Å². The normalized spacial score (nSPS) is 11.0. The summed E-state index contributed by atoms with van der Waals surface area (Å²) in [5.41, 5.74) is 2.39. The Labute approximate surface area is 165 Å². The fourth-order valence-electron chi connectivity index (χ4n) is 2.69. The van der Waals surface area contributed by atoms with Crippen LogP contribution in [0.5, 0.6) is 11.5 Å². The van der Waals surface area contributed by atoms with Crippen molar-refractivity contribution in [2.75, 3.05) is 7.11 Å². The number of halogens is 3. The van der Waals surface area contributed by atoms with Gasteiger partial charge < -0.3 is 14.2 Å². The lowest BCUT2D eigenvalue weighted by Gasteiger charge is -2.13. The smallest absolute Gasteiger partial charge is 0.488 e. The average Bonchev–Trinajstić information content (AvgIpc) is 2.72. The molecular formula is C22H17F3O4. The Hall–Kier alpha value is -3.48. The highest BCUT2D eigenvalue weighted by atomic mass is 19.4. The first-order valence-corrected chi connectivity index (χ1v) is 8.61. The molecule has 4 nitrogen and oxygen atoms in total. The van der Waals surface area contributed by atoms with Crippen LogP contribution in [0.1, 0.15) is 15.9 Å². The molecule has 150 valence electrons. The number of ether oxygens (including phenoxy) is 3. The molecule has 3 aromatic carbocycles. The molecule has 0 saturated carbocycles. The molecule has 0 atom stereocenters. The number of rotatable bonds is 6. The molecule has 0 bridgehead atoms. The van der Waals surface area contributed by atoms with Crippen molar-refractivity contribution in [2.24, 2.45) is 0 Å². The summed E-state index contributed by atoms with van der Waals surface area (Å²) in [6.07, 6.45) is -4.75. The Bertz CT molecular complexity index is 968. The van der Waals surface area contributed by atoms with Crippen LogP contribution in [0.4, 0.5) is 13.2 Å². The van der Waals surface area contributed by atoms with Gasteiger partial charge in [0.25, 0.3) is 0 Å². The van der Waals surface area contributed by atoms with Crippen LogP contribution in [0, 0.1) is 0 Å². The van der Waals surface area contributed by atoms with Gasteiger partial charge >= 0.3 is 12.3 Å². The quantitative estimate of drug-likeness (QED) is 0.502. The van der Waals surface area contributed by atoms with Gasteiger partial charge in [-0.1, -0.05) is 48.5 Å². The second-order valence-corrected chi connectivity index (χ2v) is 6.05. The fraction of sp³-hybridized carbons (Fsp3) is 0.136. The van der Waals surface area contributed by atoms with Crippen molar-refractivity contribution in [3.8, 4) is 22.6 Å². The fourth-order valence-corrected chi connectivity index (χ4v) is 2.69. The van der Waals surface area contributed by atoms with Crippen molar-refractivity contribution in [3.05, 3.63) is 83.9 Å². The molecule has 3 rings (SSSR count). The van der Waals surface area contributed by atoms with E-state index in [1.807, 2.05) is 30.3 Å². The number of alkyl halides is 3. The molecule has 0 N–H and O–H groups in total. The van der Waals surface area contributed by atoms with Crippen LogP contribution in [-0.4, -0.2) is 19.4 Å². The molecule has 0 amide bonds. The molecule has 0 aliphatic rings. The molecule has 7 heteroatoms. The number of hydrogen-bond donors (Lipinski definition) is 0. The van der Waals surface area contributed by atoms with Gasteiger partial charge in [-0.2, -0.15) is 0 Å². The zero-order valence-electron chi connectivity index (χ0n) is 15.4. The SMILES string of the molecule is COC(=O)c1cc(-c2ccc(OC(F)(F)F)cc2)ccc1OCc1ccccc1. The van der Waals surface area contributed by atoms with Gasteiger partial charge in [-0.25, -0.2) is 4.79 Å². The average molecular weight is 402 g/mol. The molecule has 0 spiro atoms. The third kappa shape index (κ3) is 5.51. The molecule has 0 radical (unpaired) electrons. The second-order valence-electron chi connectivity index (χ2n) is 6.05. The maximum atomic E-state index is 12.3. The van der Waals surface area contributed by atoms with Crippen molar-refractivity contribution in [1.82, 2.24) is 0 Å². The zero-order chi connectivity index (χ0) is 20.9. The second kappa shape index (κ2) is 8.68. The number of methoxy groups -OCH3 is 1. The number of hydrogen-bond acceptors (Lipinski definition) is 4. The summed E-state index contributed by atoms with van der Waals surface area (Å²) in [5, 5.41) is 0. The predicted octanol–water partition coefficient (Wildman–Crippen LogP) is 5.62. The summed E-state index contributed by atoms with van der Waals surface area (Å²) in [5.74, 6) is -0.550. The Kier molecular flexibility index (Phi) is 6.07. The van der Waals surface area contributed by atoms with E-state index in [1.165, 1.54) is 31.4 Å². The number of esters is 1. The molecule has 0 aliphatic heterocycles. The summed E-state index contributed by atoms with van der Waals surface area (Å²) in [7, 11) is 1.26. The van der Waals surface area contributed by atoms with E-state index in [2.05, 4.69) is 4.74 Å². The molecule has 29 heavy (non-hydrogen) atoms. The van der Waals surface area contributed by atoms with Crippen LogP contribution in [0.25, 0.3) is 11.1 Å². The standard InChI is InChI=1S/C22H17F3O4/c1-27-21(26)19-13-17(16-7-10-18(11-8-16)29-22(23,24)25)9-12-20(19)28-14-15-5-3-2-4-6-15/h2-13H,14H2,1H3. The van der Waals surface area contributed by atoms with E-state index >= 15 is 0 Å². The van der Waals surface area contributed by atoms with Crippen molar-refractivity contribution in [1.29, 1.82) is 0 Å². The minimum Gasteiger partial charge on any atom is -0.488 e. The van der Waals surface area contributed by atoms with E-state index < -0.39 is 12.3 Å². The van der Waals surface area contributed by atoms with Crippen LogP contribution in [0.2, 0.25) is 0 Å². The molecule has 0 aliphatic carbocycles. The summed E-state index contributed by atoms with van der Waals surface area (Å²) in [4.78, 5) is 12.2. The van der Waals surface area contributed by atoms with E-state index in [-0.39, 0.29) is 17.9 Å². The first-order chi connectivity index (χ1) is 13.9. The first kappa shape index (κ1) is 20.3. The van der Waals surface area contributed by atoms with Gasteiger partial charge in [-0.3, -0.25) is 0 Å². The third-order valence-corrected chi connectivity index (χ3v) is 4.04. The monoisotopic (exact) mass is 402 g/mol. The van der Waals surface area contributed by atoms with Crippen LogP contribution in [0.3, 0.4) is 0 Å². The van der Waals surface area contributed by atoms with Crippen molar-refractivity contribution in [2.45, 2.75) is 13.0 Å². The summed E-state index contributed by atoms with van der Waals surface area (Å²) in [6, 6.07) is 19.7. The summed E-state index contributed by atoms with van der Waals surface area (Å²) >= 11 is 0. The third-order valence-electron chi connectivity index (χ3n) is 4.04. The first-order valence-electron chi connectivity index (χ1n) is 8.61. The van der Waals surface area contributed by atoms with Crippen LogP contribution in [0.15, 0.2) is 72.8 Å². The van der Waals surface area contributed by atoms with E-state index in [0.29, 0.717) is 16.9 Å². The molecule has 0 unspecified atom stereocenters. The lowest BCUT2D eigenvalue weighted by atomic mass is 10.0. The van der Waals surface area contributed by atoms with Gasteiger partial charge in [0.1, 0.15) is 23.7 Å². The molecule has 0 aromatic heterocycles. The lowest BCUT2D eigenvalue weighted by Crippen LogP contribution is -2.16. The van der Waals surface area contributed by atoms with Gasteiger partial charge in [-0.05, 0) is 41.0 Å². The van der Waals surface area contributed by atoms with Crippen LogP contribution >= 0.6 is 0 Å². The van der Waals surface area contributed by atoms with Gasteiger partial charge in [0, 0.05) is 0 Å². The van der Waals surface area contributed by atoms with Gasteiger partial charge in [-0.15, -0.1) is 13.2 Å². The largest absolute Gasteiger partial charge is 0.573 e. The van der Waals surface area contributed by atoms with Gasteiger partial charge in [0.05, 0.1) is 7.11 Å². The highest BCUT2D eigenvalue weighted by Crippen LogP contribution is 2.30. The van der Waals surface area contributed by atoms with Crippen LogP contribution < -0.4 is 9.47 Å². The minimum absolute atomic E-state index is 0.219. The Morgan fingerprint density at radius 2 is 1.55 bits per heavy atom. The maximum absolute atomic E-state index is 12.3.